The van der Waals surface area contributed by atoms with Gasteiger partial charge in [-0.05, 0) is 25.0 Å². The molecule has 1 saturated carbocycles. The number of rotatable bonds is 9. The SMILES string of the molecule is CCCCCC1(CC[C@@H]2[C@H]3CC(=O)O[C@H]3C[C@H]2OC(=O)c2ccccc2)OCCO1. The van der Waals surface area contributed by atoms with Gasteiger partial charge in [0, 0.05) is 31.1 Å². The van der Waals surface area contributed by atoms with Crippen LogP contribution in [0.5, 0.6) is 0 Å². The molecule has 3 fully saturated rings. The first-order valence-corrected chi connectivity index (χ1v) is 11.3. The second kappa shape index (κ2) is 9.48. The molecule has 0 aromatic heterocycles. The normalized spacial score (nSPS) is 29.6. The monoisotopic (exact) mass is 416 g/mol. The zero-order chi connectivity index (χ0) is 21.0. The molecular formula is C24H32O6. The minimum Gasteiger partial charge on any atom is -0.462 e. The molecule has 4 atom stereocenters. The molecule has 164 valence electrons. The van der Waals surface area contributed by atoms with Gasteiger partial charge in [-0.2, -0.15) is 0 Å². The molecule has 30 heavy (non-hydrogen) atoms. The van der Waals surface area contributed by atoms with Gasteiger partial charge in [0.05, 0.1) is 25.2 Å². The molecule has 2 aliphatic heterocycles. The predicted molar refractivity (Wildman–Crippen MR) is 110 cm³/mol. The molecule has 0 N–H and O–H groups in total. The highest BCUT2D eigenvalue weighted by molar-refractivity contribution is 5.89. The fraction of sp³-hybridized carbons (Fsp3) is 0.667. The van der Waals surface area contributed by atoms with E-state index in [9.17, 15) is 9.59 Å². The quantitative estimate of drug-likeness (QED) is 0.442. The Kier molecular flexibility index (Phi) is 6.74. The van der Waals surface area contributed by atoms with E-state index in [1.807, 2.05) is 18.2 Å². The van der Waals surface area contributed by atoms with Crippen molar-refractivity contribution in [2.45, 2.75) is 76.3 Å². The van der Waals surface area contributed by atoms with Crippen LogP contribution in [0.1, 0.15) is 68.6 Å². The van der Waals surface area contributed by atoms with E-state index in [0.29, 0.717) is 31.6 Å². The van der Waals surface area contributed by atoms with Gasteiger partial charge in [0.1, 0.15) is 12.2 Å². The zero-order valence-corrected chi connectivity index (χ0v) is 17.7. The van der Waals surface area contributed by atoms with Crippen LogP contribution in [-0.2, 0) is 23.7 Å². The van der Waals surface area contributed by atoms with E-state index < -0.39 is 5.79 Å². The summed E-state index contributed by atoms with van der Waals surface area (Å²) in [6.07, 6.45) is 6.36. The van der Waals surface area contributed by atoms with Gasteiger partial charge in [0.2, 0.25) is 0 Å². The van der Waals surface area contributed by atoms with E-state index in [2.05, 4.69) is 6.92 Å². The van der Waals surface area contributed by atoms with E-state index >= 15 is 0 Å². The van der Waals surface area contributed by atoms with Crippen LogP contribution in [0.4, 0.5) is 0 Å². The minimum atomic E-state index is -0.537. The molecule has 0 bridgehead atoms. The van der Waals surface area contributed by atoms with Gasteiger partial charge >= 0.3 is 11.9 Å². The summed E-state index contributed by atoms with van der Waals surface area (Å²) in [7, 11) is 0. The summed E-state index contributed by atoms with van der Waals surface area (Å²) in [6.45, 7) is 3.43. The molecule has 0 spiro atoms. The lowest BCUT2D eigenvalue weighted by molar-refractivity contribution is -0.171. The van der Waals surface area contributed by atoms with E-state index in [4.69, 9.17) is 18.9 Å². The van der Waals surface area contributed by atoms with Gasteiger partial charge in [-0.3, -0.25) is 4.79 Å². The summed E-state index contributed by atoms with van der Waals surface area (Å²) in [4.78, 5) is 24.5. The van der Waals surface area contributed by atoms with Crippen molar-refractivity contribution in [2.24, 2.45) is 11.8 Å². The number of carbonyl (C=O) groups is 2. The number of carbonyl (C=O) groups excluding carboxylic acids is 2. The number of ether oxygens (including phenoxy) is 4. The summed E-state index contributed by atoms with van der Waals surface area (Å²) < 4.78 is 23.5. The minimum absolute atomic E-state index is 0.0740. The molecule has 2 saturated heterocycles. The lowest BCUT2D eigenvalue weighted by Crippen LogP contribution is -2.33. The average Bonchev–Trinajstić information content (AvgIpc) is 3.43. The molecule has 4 rings (SSSR count). The Morgan fingerprint density at radius 3 is 2.63 bits per heavy atom. The third-order valence-electron chi connectivity index (χ3n) is 6.76. The molecule has 0 radical (unpaired) electrons. The van der Waals surface area contributed by atoms with E-state index in [1.165, 1.54) is 0 Å². The Morgan fingerprint density at radius 2 is 1.90 bits per heavy atom. The Balaban J connectivity index is 1.43. The molecule has 1 aromatic rings. The maximum Gasteiger partial charge on any atom is 0.338 e. The summed E-state index contributed by atoms with van der Waals surface area (Å²) in [5, 5.41) is 0. The van der Waals surface area contributed by atoms with Crippen molar-refractivity contribution in [1.82, 2.24) is 0 Å². The van der Waals surface area contributed by atoms with E-state index in [0.717, 1.165) is 38.5 Å². The first-order chi connectivity index (χ1) is 14.6. The average molecular weight is 417 g/mol. The summed E-state index contributed by atoms with van der Waals surface area (Å²) in [5.41, 5.74) is 0.545. The van der Waals surface area contributed by atoms with Crippen molar-refractivity contribution in [2.75, 3.05) is 13.2 Å². The first-order valence-electron chi connectivity index (χ1n) is 11.3. The second-order valence-electron chi connectivity index (χ2n) is 8.71. The van der Waals surface area contributed by atoms with Crippen LogP contribution >= 0.6 is 0 Å². The largest absolute Gasteiger partial charge is 0.462 e. The fourth-order valence-corrected chi connectivity index (χ4v) is 5.21. The van der Waals surface area contributed by atoms with Crippen LogP contribution in [0.15, 0.2) is 30.3 Å². The second-order valence-corrected chi connectivity index (χ2v) is 8.71. The molecule has 0 amide bonds. The third-order valence-corrected chi connectivity index (χ3v) is 6.76. The van der Waals surface area contributed by atoms with Gasteiger partial charge in [-0.1, -0.05) is 38.0 Å². The van der Waals surface area contributed by atoms with Gasteiger partial charge in [-0.25, -0.2) is 4.79 Å². The molecular weight excluding hydrogens is 384 g/mol. The van der Waals surface area contributed by atoms with E-state index in [-0.39, 0.29) is 36.0 Å². The van der Waals surface area contributed by atoms with Gasteiger partial charge in [0.25, 0.3) is 0 Å². The van der Waals surface area contributed by atoms with Crippen LogP contribution in [0.2, 0.25) is 0 Å². The number of fused-ring (bicyclic) bond motifs is 1. The lowest BCUT2D eigenvalue weighted by atomic mass is 9.86. The molecule has 1 aliphatic carbocycles. The highest BCUT2D eigenvalue weighted by atomic mass is 16.7. The fourth-order valence-electron chi connectivity index (χ4n) is 5.21. The van der Waals surface area contributed by atoms with Crippen molar-refractivity contribution in [3.8, 4) is 0 Å². The zero-order valence-electron chi connectivity index (χ0n) is 17.7. The highest BCUT2D eigenvalue weighted by Gasteiger charge is 2.52. The van der Waals surface area contributed by atoms with Crippen molar-refractivity contribution in [3.05, 3.63) is 35.9 Å². The van der Waals surface area contributed by atoms with Crippen LogP contribution in [-0.4, -0.2) is 43.1 Å². The Labute approximate surface area is 178 Å². The van der Waals surface area contributed by atoms with Gasteiger partial charge in [-0.15, -0.1) is 0 Å². The lowest BCUT2D eigenvalue weighted by Gasteiger charge is -2.31. The Bertz CT molecular complexity index is 726. The number of unbranched alkanes of at least 4 members (excludes halogenated alkanes) is 2. The molecule has 6 heteroatoms. The molecule has 1 aromatic carbocycles. The van der Waals surface area contributed by atoms with Crippen molar-refractivity contribution >= 4 is 11.9 Å². The molecule has 2 heterocycles. The summed E-state index contributed by atoms with van der Waals surface area (Å²) in [6, 6.07) is 9.05. The maximum atomic E-state index is 12.6. The maximum absolute atomic E-state index is 12.6. The van der Waals surface area contributed by atoms with Crippen molar-refractivity contribution < 1.29 is 28.5 Å². The Hall–Kier alpha value is -1.92. The van der Waals surface area contributed by atoms with Gasteiger partial charge < -0.3 is 18.9 Å². The number of hydrogen-bond acceptors (Lipinski definition) is 6. The number of hydrogen-bond donors (Lipinski definition) is 0. The highest BCUT2D eigenvalue weighted by Crippen LogP contribution is 2.46. The summed E-state index contributed by atoms with van der Waals surface area (Å²) in [5.74, 6) is -0.827. The first kappa shape index (κ1) is 21.3. The molecule has 3 aliphatic rings. The smallest absolute Gasteiger partial charge is 0.338 e. The van der Waals surface area contributed by atoms with Gasteiger partial charge in [0.15, 0.2) is 5.79 Å². The molecule has 6 nitrogen and oxygen atoms in total. The standard InChI is InChI=1S/C24H32O6/c1-2-3-7-11-24(27-13-14-28-24)12-10-18-19-15-22(25)29-21(19)16-20(18)30-23(26)17-8-5-4-6-9-17/h4-6,8-9,18-21H,2-3,7,10-16H2,1H3/t18-,19-,20-,21+/m1/s1. The third kappa shape index (κ3) is 4.70. The molecule has 0 unspecified atom stereocenters. The predicted octanol–water partition coefficient (Wildman–Crippen LogP) is 4.27. The summed E-state index contributed by atoms with van der Waals surface area (Å²) >= 11 is 0. The Morgan fingerprint density at radius 1 is 1.13 bits per heavy atom. The van der Waals surface area contributed by atoms with Crippen LogP contribution in [0.3, 0.4) is 0 Å². The van der Waals surface area contributed by atoms with E-state index in [1.54, 1.807) is 12.1 Å². The van der Waals surface area contributed by atoms with Crippen LogP contribution in [0.25, 0.3) is 0 Å². The number of esters is 2. The van der Waals surface area contributed by atoms with Crippen LogP contribution in [0, 0.1) is 11.8 Å². The van der Waals surface area contributed by atoms with Crippen molar-refractivity contribution in [1.29, 1.82) is 0 Å². The number of benzene rings is 1. The topological polar surface area (TPSA) is 71.1 Å². The van der Waals surface area contributed by atoms with Crippen molar-refractivity contribution in [3.63, 3.8) is 0 Å². The van der Waals surface area contributed by atoms with Crippen LogP contribution < -0.4 is 0 Å².